The summed E-state index contributed by atoms with van der Waals surface area (Å²) in [7, 11) is 3.63. The Labute approximate surface area is 220 Å². The largest absolute Gasteiger partial charge is 0.495 e. The first-order chi connectivity index (χ1) is 16.4. The molecule has 1 saturated heterocycles. The number of benzene rings is 2. The van der Waals surface area contributed by atoms with Gasteiger partial charge in [-0.3, -0.25) is 4.79 Å². The van der Waals surface area contributed by atoms with Crippen LogP contribution in [0.25, 0.3) is 0 Å². The van der Waals surface area contributed by atoms with Crippen LogP contribution in [0.15, 0.2) is 42.5 Å². The maximum atomic E-state index is 13.3. The van der Waals surface area contributed by atoms with Crippen molar-refractivity contribution in [2.45, 2.75) is 84.2 Å². The minimum Gasteiger partial charge on any atom is -0.408 e. The van der Waals surface area contributed by atoms with E-state index >= 15 is 0 Å². The summed E-state index contributed by atoms with van der Waals surface area (Å²) in [6.45, 7) is 18.7. The normalized spacial score (nSPS) is 17.2. The second-order valence-electron chi connectivity index (χ2n) is 12.2. The molecule has 0 spiro atoms. The van der Waals surface area contributed by atoms with Crippen molar-refractivity contribution in [1.82, 2.24) is 0 Å². The third-order valence-corrected chi connectivity index (χ3v) is 7.94. The molecule has 1 amide bonds. The Kier molecular flexibility index (Phi) is 7.88. The molecule has 2 aromatic carbocycles. The number of nitrogens with one attached hydrogen (secondary N) is 1. The summed E-state index contributed by atoms with van der Waals surface area (Å²) in [6, 6.07) is 13.4. The van der Waals surface area contributed by atoms with Gasteiger partial charge < -0.3 is 24.0 Å². The molecule has 1 aliphatic rings. The van der Waals surface area contributed by atoms with Gasteiger partial charge in [0.15, 0.2) is 0 Å². The van der Waals surface area contributed by atoms with Crippen LogP contribution in [0.5, 0.6) is 0 Å². The van der Waals surface area contributed by atoms with E-state index in [2.05, 4.69) is 26.1 Å². The number of nitrogens with zero attached hydrogens (tertiary/aromatic N) is 1. The summed E-state index contributed by atoms with van der Waals surface area (Å²) in [5.41, 5.74) is 2.35. The zero-order chi connectivity index (χ0) is 27.1. The lowest BCUT2D eigenvalue weighted by molar-refractivity contribution is 0.00578. The minimum atomic E-state index is -0.705. The standard InChI is InChI=1S/C28H41BN2O4Si/c1-25(2,3)36-35-26(4,5)23-21(29-33-27(6,7)28(8,9)34-29)13-12-14-22(23)30-24(32)19-15-17-20(18-16-19)31(10)11/h12-18H,1-11H3,(H,30,32). The summed E-state index contributed by atoms with van der Waals surface area (Å²) in [6.07, 6.45) is 0. The number of anilines is 2. The number of hydrogen-bond donors (Lipinski definition) is 1. The molecule has 36 heavy (non-hydrogen) atoms. The maximum Gasteiger partial charge on any atom is 0.495 e. The quantitative estimate of drug-likeness (QED) is 0.508. The van der Waals surface area contributed by atoms with Gasteiger partial charge in [0, 0.05) is 36.6 Å². The summed E-state index contributed by atoms with van der Waals surface area (Å²) in [4.78, 5) is 15.3. The van der Waals surface area contributed by atoms with Crippen LogP contribution < -0.4 is 15.7 Å². The second-order valence-corrected chi connectivity index (χ2v) is 14.1. The van der Waals surface area contributed by atoms with Crippen LogP contribution in [0.1, 0.15) is 78.2 Å². The highest BCUT2D eigenvalue weighted by molar-refractivity contribution is 6.63. The number of amides is 1. The minimum absolute atomic E-state index is 0.00809. The highest BCUT2D eigenvalue weighted by Crippen LogP contribution is 2.39. The fraction of sp³-hybridized carbons (Fsp3) is 0.536. The number of carbonyl (C=O) groups is 1. The zero-order valence-corrected chi connectivity index (χ0v) is 24.7. The Bertz CT molecular complexity index is 1080. The molecule has 2 radical (unpaired) electrons. The van der Waals surface area contributed by atoms with Crippen molar-refractivity contribution in [2.24, 2.45) is 0 Å². The van der Waals surface area contributed by atoms with Gasteiger partial charge in [-0.2, -0.15) is 0 Å². The lowest BCUT2D eigenvalue weighted by atomic mass is 9.72. The first-order valence-electron chi connectivity index (χ1n) is 12.5. The van der Waals surface area contributed by atoms with Crippen LogP contribution in [-0.4, -0.2) is 48.1 Å². The van der Waals surface area contributed by atoms with Crippen LogP contribution in [0.4, 0.5) is 11.4 Å². The zero-order valence-electron chi connectivity index (χ0n) is 23.7. The number of carbonyl (C=O) groups excluding carboxylic acids is 1. The molecule has 0 aromatic heterocycles. The Morgan fingerprint density at radius 1 is 0.944 bits per heavy atom. The highest BCUT2D eigenvalue weighted by atomic mass is 28.2. The maximum absolute atomic E-state index is 13.3. The molecule has 0 aliphatic carbocycles. The summed E-state index contributed by atoms with van der Waals surface area (Å²) >= 11 is 0. The first-order valence-corrected chi connectivity index (χ1v) is 13.4. The van der Waals surface area contributed by atoms with Crippen LogP contribution >= 0.6 is 0 Å². The van der Waals surface area contributed by atoms with Crippen LogP contribution in [-0.2, 0) is 19.3 Å². The van der Waals surface area contributed by atoms with E-state index in [9.17, 15) is 4.79 Å². The van der Waals surface area contributed by atoms with Gasteiger partial charge in [0.05, 0.1) is 16.8 Å². The SMILES string of the molecule is CN(C)c1ccc(C(=O)Nc2cccc(B3OC(C)(C)C(C)(C)O3)c2C(C)(C)O[Si]C(C)(C)C)cc1. The Balaban J connectivity index is 2.03. The van der Waals surface area contributed by atoms with E-state index in [-0.39, 0.29) is 20.7 Å². The molecule has 1 fully saturated rings. The van der Waals surface area contributed by atoms with E-state index in [4.69, 9.17) is 13.7 Å². The average molecular weight is 509 g/mol. The van der Waals surface area contributed by atoms with Crippen molar-refractivity contribution < 1.29 is 18.5 Å². The highest BCUT2D eigenvalue weighted by Gasteiger charge is 2.53. The second kappa shape index (κ2) is 9.97. The van der Waals surface area contributed by atoms with Gasteiger partial charge in [-0.25, -0.2) is 0 Å². The molecule has 8 heteroatoms. The van der Waals surface area contributed by atoms with Crippen molar-refractivity contribution in [3.8, 4) is 0 Å². The van der Waals surface area contributed by atoms with E-state index in [1.54, 1.807) is 0 Å². The molecule has 3 rings (SSSR count). The fourth-order valence-corrected chi connectivity index (χ4v) is 4.61. The molecular weight excluding hydrogens is 467 g/mol. The topological polar surface area (TPSA) is 60.0 Å². The van der Waals surface area contributed by atoms with Crippen molar-refractivity contribution in [1.29, 1.82) is 0 Å². The van der Waals surface area contributed by atoms with Gasteiger partial charge in [-0.05, 0) is 82.4 Å². The van der Waals surface area contributed by atoms with Gasteiger partial charge >= 0.3 is 7.12 Å². The summed E-state index contributed by atoms with van der Waals surface area (Å²) in [5.74, 6) is -0.179. The van der Waals surface area contributed by atoms with Crippen molar-refractivity contribution in [2.75, 3.05) is 24.3 Å². The van der Waals surface area contributed by atoms with Crippen LogP contribution in [0.2, 0.25) is 5.04 Å². The van der Waals surface area contributed by atoms with Gasteiger partial charge in [-0.1, -0.05) is 32.9 Å². The lowest BCUT2D eigenvalue weighted by Crippen LogP contribution is -2.43. The third-order valence-electron chi connectivity index (χ3n) is 6.71. The molecule has 0 bridgehead atoms. The molecule has 0 atom stereocenters. The van der Waals surface area contributed by atoms with Crippen LogP contribution in [0, 0.1) is 0 Å². The first kappa shape index (κ1) is 28.4. The van der Waals surface area contributed by atoms with E-state index in [1.807, 2.05) is 103 Å². The third kappa shape index (κ3) is 6.22. The van der Waals surface area contributed by atoms with Gasteiger partial charge in [-0.15, -0.1) is 0 Å². The molecule has 1 heterocycles. The molecule has 2 aromatic rings. The van der Waals surface area contributed by atoms with E-state index in [0.29, 0.717) is 11.3 Å². The Hall–Kier alpha value is -2.13. The molecule has 0 saturated carbocycles. The average Bonchev–Trinajstić information content (AvgIpc) is 2.98. The van der Waals surface area contributed by atoms with Crippen molar-refractivity contribution >= 4 is 39.6 Å². The smallest absolute Gasteiger partial charge is 0.408 e. The van der Waals surface area contributed by atoms with Crippen LogP contribution in [0.3, 0.4) is 0 Å². The van der Waals surface area contributed by atoms with Crippen molar-refractivity contribution in [3.63, 3.8) is 0 Å². The van der Waals surface area contributed by atoms with E-state index < -0.39 is 23.9 Å². The van der Waals surface area contributed by atoms with Crippen molar-refractivity contribution in [3.05, 3.63) is 53.6 Å². The number of rotatable bonds is 7. The molecule has 0 unspecified atom stereocenters. The van der Waals surface area contributed by atoms with Gasteiger partial charge in [0.2, 0.25) is 9.76 Å². The molecule has 194 valence electrons. The molecule has 1 N–H and O–H groups in total. The Morgan fingerprint density at radius 3 is 2.00 bits per heavy atom. The van der Waals surface area contributed by atoms with E-state index in [0.717, 1.165) is 16.7 Å². The molecular formula is C28H41BN2O4Si. The predicted octanol–water partition coefficient (Wildman–Crippen LogP) is 5.39. The molecule has 1 aliphatic heterocycles. The van der Waals surface area contributed by atoms with Gasteiger partial charge in [0.25, 0.3) is 5.91 Å². The number of hydrogen-bond acceptors (Lipinski definition) is 5. The predicted molar refractivity (Wildman–Crippen MR) is 150 cm³/mol. The summed E-state index contributed by atoms with van der Waals surface area (Å²) in [5, 5.41) is 3.15. The monoisotopic (exact) mass is 508 g/mol. The Morgan fingerprint density at radius 2 is 1.50 bits per heavy atom. The summed E-state index contributed by atoms with van der Waals surface area (Å²) < 4.78 is 19.4. The van der Waals surface area contributed by atoms with Gasteiger partial charge in [0.1, 0.15) is 0 Å². The molecule has 6 nitrogen and oxygen atoms in total. The lowest BCUT2D eigenvalue weighted by Gasteiger charge is -2.33. The fourth-order valence-electron chi connectivity index (χ4n) is 3.95. The van der Waals surface area contributed by atoms with E-state index in [1.165, 1.54) is 0 Å².